The van der Waals surface area contributed by atoms with Crippen molar-refractivity contribution in [2.24, 2.45) is 10.9 Å². The maximum absolute atomic E-state index is 9.09. The van der Waals surface area contributed by atoms with Crippen LogP contribution in [0.2, 0.25) is 0 Å². The number of nitrogens with two attached hydrogens (primary N) is 1. The van der Waals surface area contributed by atoms with Gasteiger partial charge < -0.3 is 10.9 Å². The van der Waals surface area contributed by atoms with Gasteiger partial charge >= 0.3 is 0 Å². The van der Waals surface area contributed by atoms with Gasteiger partial charge in [-0.05, 0) is 28.3 Å². The minimum Gasteiger partial charge on any atom is -0.392 e. The average Bonchev–Trinajstić information content (AvgIpc) is 2.40. The number of nitrogens with zero attached hydrogens (tertiary/aromatic N) is 1. The molecule has 3 N–H and O–H groups in total. The Balaban J connectivity index is 2.32. The van der Waals surface area contributed by atoms with Gasteiger partial charge in [0, 0.05) is 0 Å². The molecular formula is C14H14N2O. The molecule has 86 valence electrons. The Morgan fingerprint density at radius 2 is 1.82 bits per heavy atom. The third-order valence-electron chi connectivity index (χ3n) is 2.58. The van der Waals surface area contributed by atoms with Gasteiger partial charge in [0.2, 0.25) is 0 Å². The summed E-state index contributed by atoms with van der Waals surface area (Å²) in [5.41, 5.74) is 4.08. The molecule has 0 fully saturated rings. The largest absolute Gasteiger partial charge is 0.392 e. The first kappa shape index (κ1) is 11.4. The summed E-state index contributed by atoms with van der Waals surface area (Å²) in [6.45, 7) is 0.0613. The molecule has 17 heavy (non-hydrogen) atoms. The van der Waals surface area contributed by atoms with Crippen LogP contribution in [0.5, 0.6) is 0 Å². The van der Waals surface area contributed by atoms with Crippen LogP contribution in [0.3, 0.4) is 0 Å². The highest BCUT2D eigenvalue weighted by Crippen LogP contribution is 2.20. The van der Waals surface area contributed by atoms with Crippen molar-refractivity contribution in [3.05, 3.63) is 59.7 Å². The molecule has 3 nitrogen and oxygen atoms in total. The van der Waals surface area contributed by atoms with E-state index in [0.29, 0.717) is 0 Å². The molecule has 0 spiro atoms. The molecule has 0 amide bonds. The van der Waals surface area contributed by atoms with E-state index in [2.05, 4.69) is 5.10 Å². The molecule has 0 aliphatic rings. The third kappa shape index (κ3) is 2.71. The fraction of sp³-hybridized carbons (Fsp3) is 0.0714. The molecule has 0 heterocycles. The highest BCUT2D eigenvalue weighted by molar-refractivity contribution is 5.80. The topological polar surface area (TPSA) is 58.6 Å². The fourth-order valence-electron chi connectivity index (χ4n) is 1.70. The van der Waals surface area contributed by atoms with Gasteiger partial charge in [0.05, 0.1) is 12.8 Å². The molecule has 0 saturated heterocycles. The van der Waals surface area contributed by atoms with Crippen molar-refractivity contribution >= 4 is 6.21 Å². The Labute approximate surface area is 100 Å². The van der Waals surface area contributed by atoms with Crippen LogP contribution in [0.15, 0.2) is 53.6 Å². The summed E-state index contributed by atoms with van der Waals surface area (Å²) in [5.74, 6) is 5.09. The monoisotopic (exact) mass is 226 g/mol. The lowest BCUT2D eigenvalue weighted by atomic mass is 10.0. The molecule has 2 rings (SSSR count). The van der Waals surface area contributed by atoms with Crippen LogP contribution in [0.1, 0.15) is 11.1 Å². The summed E-state index contributed by atoms with van der Waals surface area (Å²) in [4.78, 5) is 0. The van der Waals surface area contributed by atoms with E-state index in [4.69, 9.17) is 10.9 Å². The van der Waals surface area contributed by atoms with Crippen LogP contribution in [0, 0.1) is 0 Å². The van der Waals surface area contributed by atoms with Crippen molar-refractivity contribution in [1.29, 1.82) is 0 Å². The summed E-state index contributed by atoms with van der Waals surface area (Å²) in [6.07, 6.45) is 1.61. The Morgan fingerprint density at radius 3 is 2.47 bits per heavy atom. The smallest absolute Gasteiger partial charge is 0.0682 e. The van der Waals surface area contributed by atoms with E-state index < -0.39 is 0 Å². The molecule has 0 aromatic heterocycles. The number of rotatable bonds is 3. The number of hydrazone groups is 1. The highest BCUT2D eigenvalue weighted by atomic mass is 16.3. The van der Waals surface area contributed by atoms with E-state index in [0.717, 1.165) is 22.3 Å². The van der Waals surface area contributed by atoms with Crippen LogP contribution < -0.4 is 5.84 Å². The van der Waals surface area contributed by atoms with E-state index in [1.54, 1.807) is 6.21 Å². The zero-order chi connectivity index (χ0) is 12.1. The number of aliphatic hydroxyl groups is 1. The fourth-order valence-corrected chi connectivity index (χ4v) is 1.70. The lowest BCUT2D eigenvalue weighted by Gasteiger charge is -2.04. The number of aliphatic hydroxyl groups excluding tert-OH is 1. The molecule has 3 heteroatoms. The molecule has 0 saturated carbocycles. The minimum atomic E-state index is 0.0613. The summed E-state index contributed by atoms with van der Waals surface area (Å²) in [7, 11) is 0. The zero-order valence-electron chi connectivity index (χ0n) is 9.38. The van der Waals surface area contributed by atoms with Gasteiger partial charge in [-0.3, -0.25) is 0 Å². The van der Waals surface area contributed by atoms with Crippen molar-refractivity contribution in [2.75, 3.05) is 0 Å². The van der Waals surface area contributed by atoms with Crippen LogP contribution >= 0.6 is 0 Å². The molecule has 0 atom stereocenters. The molecule has 0 aliphatic carbocycles. The normalized spacial score (nSPS) is 10.9. The van der Waals surface area contributed by atoms with Crippen LogP contribution in [-0.4, -0.2) is 11.3 Å². The summed E-state index contributed by atoms with van der Waals surface area (Å²) < 4.78 is 0. The quantitative estimate of drug-likeness (QED) is 0.478. The molecule has 2 aromatic rings. The maximum atomic E-state index is 9.09. The number of hydrogen-bond acceptors (Lipinski definition) is 3. The minimum absolute atomic E-state index is 0.0613. The van der Waals surface area contributed by atoms with Gasteiger partial charge in [-0.15, -0.1) is 0 Å². The Kier molecular flexibility index (Phi) is 3.52. The SMILES string of the molecule is NN=Cc1ccc(-c2cccc(CO)c2)cc1. The lowest BCUT2D eigenvalue weighted by molar-refractivity contribution is 0.282. The van der Waals surface area contributed by atoms with Gasteiger partial charge in [0.25, 0.3) is 0 Å². The Hall–Kier alpha value is -2.13. The highest BCUT2D eigenvalue weighted by Gasteiger charge is 1.98. The molecule has 0 bridgehead atoms. The van der Waals surface area contributed by atoms with E-state index in [9.17, 15) is 0 Å². The first-order valence-electron chi connectivity index (χ1n) is 5.37. The average molecular weight is 226 g/mol. The first-order valence-corrected chi connectivity index (χ1v) is 5.37. The summed E-state index contributed by atoms with van der Waals surface area (Å²) >= 11 is 0. The van der Waals surface area contributed by atoms with E-state index in [-0.39, 0.29) is 6.61 Å². The predicted octanol–water partition coefficient (Wildman–Crippen LogP) is 2.14. The molecular weight excluding hydrogens is 212 g/mol. The van der Waals surface area contributed by atoms with Gasteiger partial charge in [-0.2, -0.15) is 5.10 Å². The van der Waals surface area contributed by atoms with Gasteiger partial charge in [0.15, 0.2) is 0 Å². The molecule has 0 unspecified atom stereocenters. The van der Waals surface area contributed by atoms with E-state index in [1.807, 2.05) is 48.5 Å². The van der Waals surface area contributed by atoms with E-state index >= 15 is 0 Å². The third-order valence-corrected chi connectivity index (χ3v) is 2.58. The standard InChI is InChI=1S/C14H14N2O/c15-16-9-11-4-6-13(7-5-11)14-3-1-2-12(8-14)10-17/h1-9,17H,10,15H2. The zero-order valence-corrected chi connectivity index (χ0v) is 9.38. The first-order chi connectivity index (χ1) is 8.33. The van der Waals surface area contributed by atoms with Crippen molar-refractivity contribution in [1.82, 2.24) is 0 Å². The summed E-state index contributed by atoms with van der Waals surface area (Å²) in [6, 6.07) is 15.8. The van der Waals surface area contributed by atoms with Crippen molar-refractivity contribution in [3.63, 3.8) is 0 Å². The van der Waals surface area contributed by atoms with Gasteiger partial charge in [-0.1, -0.05) is 42.5 Å². The molecule has 0 aliphatic heterocycles. The molecule has 0 radical (unpaired) electrons. The summed E-state index contributed by atoms with van der Waals surface area (Å²) in [5, 5.41) is 12.6. The second-order valence-electron chi connectivity index (χ2n) is 3.76. The van der Waals surface area contributed by atoms with Crippen LogP contribution in [0.4, 0.5) is 0 Å². The van der Waals surface area contributed by atoms with E-state index in [1.165, 1.54) is 0 Å². The molecule has 2 aromatic carbocycles. The van der Waals surface area contributed by atoms with Crippen LogP contribution in [-0.2, 0) is 6.61 Å². The predicted molar refractivity (Wildman–Crippen MR) is 69.6 cm³/mol. The van der Waals surface area contributed by atoms with Crippen molar-refractivity contribution < 1.29 is 5.11 Å². The van der Waals surface area contributed by atoms with Crippen molar-refractivity contribution in [2.45, 2.75) is 6.61 Å². The van der Waals surface area contributed by atoms with Crippen molar-refractivity contribution in [3.8, 4) is 11.1 Å². The Morgan fingerprint density at radius 1 is 1.06 bits per heavy atom. The second-order valence-corrected chi connectivity index (χ2v) is 3.76. The number of benzene rings is 2. The Bertz CT molecular complexity index is 518. The number of hydrogen-bond donors (Lipinski definition) is 2. The lowest BCUT2D eigenvalue weighted by Crippen LogP contribution is -1.87. The van der Waals surface area contributed by atoms with Gasteiger partial charge in [0.1, 0.15) is 0 Å². The second kappa shape index (κ2) is 5.27. The van der Waals surface area contributed by atoms with Gasteiger partial charge in [-0.25, -0.2) is 0 Å². The maximum Gasteiger partial charge on any atom is 0.0682 e. The van der Waals surface area contributed by atoms with Crippen LogP contribution in [0.25, 0.3) is 11.1 Å².